The average Bonchev–Trinajstić information content (AvgIpc) is 2.11. The maximum atomic E-state index is 5.84. The third-order valence-electron chi connectivity index (χ3n) is 1.97. The van der Waals surface area contributed by atoms with Gasteiger partial charge in [0.15, 0.2) is 0 Å². The van der Waals surface area contributed by atoms with Gasteiger partial charge in [-0.25, -0.2) is 4.98 Å². The van der Waals surface area contributed by atoms with E-state index in [0.717, 1.165) is 22.0 Å². The minimum atomic E-state index is 0.183. The number of pyridine rings is 1. The summed E-state index contributed by atoms with van der Waals surface area (Å²) in [6, 6.07) is 2.22. The van der Waals surface area contributed by atoms with Gasteiger partial charge in [0.1, 0.15) is 5.82 Å². The van der Waals surface area contributed by atoms with Gasteiger partial charge in [-0.05, 0) is 47.1 Å². The van der Waals surface area contributed by atoms with Gasteiger partial charge in [-0.2, -0.15) is 0 Å². The monoisotopic (exact) mass is 291 g/mol. The van der Waals surface area contributed by atoms with Crippen LogP contribution in [0, 0.1) is 3.57 Å². The van der Waals surface area contributed by atoms with Crippen LogP contribution < -0.4 is 11.5 Å². The van der Waals surface area contributed by atoms with E-state index in [2.05, 4.69) is 34.5 Å². The van der Waals surface area contributed by atoms with Crippen LogP contribution >= 0.6 is 22.6 Å². The summed E-state index contributed by atoms with van der Waals surface area (Å²) in [6.45, 7) is 2.07. The Morgan fingerprint density at radius 2 is 2.31 bits per heavy atom. The topological polar surface area (TPSA) is 64.9 Å². The fourth-order valence-corrected chi connectivity index (χ4v) is 1.60. The molecule has 4 N–H and O–H groups in total. The summed E-state index contributed by atoms with van der Waals surface area (Å²) < 4.78 is 1.10. The predicted molar refractivity (Wildman–Crippen MR) is 63.3 cm³/mol. The first-order valence-corrected chi connectivity index (χ1v) is 5.36. The number of nitrogen functional groups attached to an aromatic ring is 1. The lowest BCUT2D eigenvalue weighted by Crippen LogP contribution is -2.22. The second-order valence-corrected chi connectivity index (χ2v) is 4.32. The van der Waals surface area contributed by atoms with Gasteiger partial charge in [0, 0.05) is 15.8 Å². The van der Waals surface area contributed by atoms with Crippen molar-refractivity contribution in [2.45, 2.75) is 25.8 Å². The van der Waals surface area contributed by atoms with Crippen molar-refractivity contribution in [3.05, 3.63) is 21.4 Å². The molecule has 1 unspecified atom stereocenters. The fraction of sp³-hybridized carbons (Fsp3) is 0.444. The van der Waals surface area contributed by atoms with Crippen LogP contribution in [0.1, 0.15) is 18.9 Å². The lowest BCUT2D eigenvalue weighted by atomic mass is 10.1. The summed E-state index contributed by atoms with van der Waals surface area (Å²) in [5.74, 6) is 0.601. The van der Waals surface area contributed by atoms with Crippen LogP contribution in [0.25, 0.3) is 0 Å². The third-order valence-corrected chi connectivity index (χ3v) is 2.56. The number of aromatic nitrogens is 1. The maximum absolute atomic E-state index is 5.84. The van der Waals surface area contributed by atoms with Gasteiger partial charge in [0.25, 0.3) is 0 Å². The molecule has 72 valence electrons. The smallest absolute Gasteiger partial charge is 0.126 e. The van der Waals surface area contributed by atoms with E-state index in [0.29, 0.717) is 5.82 Å². The highest BCUT2D eigenvalue weighted by Crippen LogP contribution is 2.14. The van der Waals surface area contributed by atoms with E-state index < -0.39 is 0 Å². The van der Waals surface area contributed by atoms with Crippen LogP contribution in [0.15, 0.2) is 12.3 Å². The Balaban J connectivity index is 2.81. The van der Waals surface area contributed by atoms with E-state index in [1.165, 1.54) is 0 Å². The number of anilines is 1. The van der Waals surface area contributed by atoms with E-state index in [4.69, 9.17) is 11.5 Å². The van der Waals surface area contributed by atoms with Crippen molar-refractivity contribution < 1.29 is 0 Å². The Hall–Kier alpha value is -0.360. The molecule has 1 rings (SSSR count). The number of nitrogens with two attached hydrogens (primary N) is 2. The molecule has 0 fully saturated rings. The number of hydrogen-bond donors (Lipinski definition) is 2. The average molecular weight is 291 g/mol. The Bertz CT molecular complexity index is 288. The molecule has 0 aromatic carbocycles. The molecule has 1 atom stereocenters. The van der Waals surface area contributed by atoms with Crippen molar-refractivity contribution in [1.29, 1.82) is 0 Å². The van der Waals surface area contributed by atoms with Crippen LogP contribution in [0.2, 0.25) is 0 Å². The standard InChI is InChI=1S/C9H14IN3/c1-2-8(11)4-6-3-7(10)5-13-9(6)12/h3,5,8H,2,4,11H2,1H3,(H2,12,13). The molecule has 3 nitrogen and oxygen atoms in total. The van der Waals surface area contributed by atoms with Crippen LogP contribution in [0.3, 0.4) is 0 Å². The lowest BCUT2D eigenvalue weighted by Gasteiger charge is -2.10. The molecular weight excluding hydrogens is 277 g/mol. The number of nitrogens with zero attached hydrogens (tertiary/aromatic N) is 1. The van der Waals surface area contributed by atoms with Crippen molar-refractivity contribution in [2.75, 3.05) is 5.73 Å². The van der Waals surface area contributed by atoms with Crippen LogP contribution in [0.5, 0.6) is 0 Å². The highest BCUT2D eigenvalue weighted by molar-refractivity contribution is 14.1. The Morgan fingerprint density at radius 1 is 1.62 bits per heavy atom. The number of hydrogen-bond acceptors (Lipinski definition) is 3. The summed E-state index contributed by atoms with van der Waals surface area (Å²) in [5, 5.41) is 0. The highest BCUT2D eigenvalue weighted by atomic mass is 127. The SMILES string of the molecule is CCC(N)Cc1cc(I)cnc1N. The third kappa shape index (κ3) is 3.11. The number of rotatable bonds is 3. The van der Waals surface area contributed by atoms with E-state index in [9.17, 15) is 0 Å². The van der Waals surface area contributed by atoms with Gasteiger partial charge in [-0.3, -0.25) is 0 Å². The van der Waals surface area contributed by atoms with Crippen molar-refractivity contribution in [1.82, 2.24) is 4.98 Å². The molecule has 0 aliphatic rings. The fourth-order valence-electron chi connectivity index (χ4n) is 1.08. The van der Waals surface area contributed by atoms with Crippen LogP contribution in [-0.4, -0.2) is 11.0 Å². The summed E-state index contributed by atoms with van der Waals surface area (Å²) in [4.78, 5) is 4.08. The summed E-state index contributed by atoms with van der Waals surface area (Å²) in [5.41, 5.74) is 12.6. The molecule has 0 radical (unpaired) electrons. The summed E-state index contributed by atoms with van der Waals surface area (Å²) >= 11 is 2.22. The van der Waals surface area contributed by atoms with E-state index >= 15 is 0 Å². The zero-order valence-electron chi connectivity index (χ0n) is 7.63. The Kier molecular flexibility index (Phi) is 3.92. The second kappa shape index (κ2) is 4.76. The van der Waals surface area contributed by atoms with Crippen LogP contribution in [-0.2, 0) is 6.42 Å². The van der Waals surface area contributed by atoms with E-state index in [-0.39, 0.29) is 6.04 Å². The molecule has 4 heteroatoms. The highest BCUT2D eigenvalue weighted by Gasteiger charge is 2.06. The molecule has 0 aliphatic carbocycles. The summed E-state index contributed by atoms with van der Waals surface area (Å²) in [7, 11) is 0. The minimum Gasteiger partial charge on any atom is -0.383 e. The van der Waals surface area contributed by atoms with Crippen molar-refractivity contribution in [3.63, 3.8) is 0 Å². The normalized spacial score (nSPS) is 12.8. The van der Waals surface area contributed by atoms with Gasteiger partial charge < -0.3 is 11.5 Å². The first kappa shape index (κ1) is 10.7. The molecule has 0 aliphatic heterocycles. The Morgan fingerprint density at radius 3 is 2.92 bits per heavy atom. The zero-order valence-corrected chi connectivity index (χ0v) is 9.78. The molecule has 0 saturated carbocycles. The molecule has 0 bridgehead atoms. The second-order valence-electron chi connectivity index (χ2n) is 3.07. The lowest BCUT2D eigenvalue weighted by molar-refractivity contribution is 0.646. The molecule has 1 aromatic heterocycles. The summed E-state index contributed by atoms with van der Waals surface area (Å²) in [6.07, 6.45) is 3.54. The molecule has 13 heavy (non-hydrogen) atoms. The largest absolute Gasteiger partial charge is 0.383 e. The molecule has 1 aromatic rings. The first-order chi connectivity index (χ1) is 6.13. The maximum Gasteiger partial charge on any atom is 0.126 e. The van der Waals surface area contributed by atoms with Gasteiger partial charge in [0.2, 0.25) is 0 Å². The molecular formula is C9H14IN3. The van der Waals surface area contributed by atoms with Crippen molar-refractivity contribution in [2.24, 2.45) is 5.73 Å². The first-order valence-electron chi connectivity index (χ1n) is 4.29. The van der Waals surface area contributed by atoms with Gasteiger partial charge in [-0.1, -0.05) is 6.92 Å². The molecule has 0 spiro atoms. The van der Waals surface area contributed by atoms with Crippen molar-refractivity contribution in [3.8, 4) is 0 Å². The van der Waals surface area contributed by atoms with E-state index in [1.54, 1.807) is 6.20 Å². The zero-order chi connectivity index (χ0) is 9.84. The molecule has 0 amide bonds. The van der Waals surface area contributed by atoms with Crippen molar-refractivity contribution >= 4 is 28.4 Å². The van der Waals surface area contributed by atoms with E-state index in [1.807, 2.05) is 6.07 Å². The minimum absolute atomic E-state index is 0.183. The van der Waals surface area contributed by atoms with Gasteiger partial charge >= 0.3 is 0 Å². The predicted octanol–water partition coefficient (Wildman–Crippen LogP) is 1.55. The van der Waals surface area contributed by atoms with Gasteiger partial charge in [0.05, 0.1) is 0 Å². The van der Waals surface area contributed by atoms with Gasteiger partial charge in [-0.15, -0.1) is 0 Å². The quantitative estimate of drug-likeness (QED) is 0.830. The number of halogens is 1. The van der Waals surface area contributed by atoms with Crippen LogP contribution in [0.4, 0.5) is 5.82 Å². The molecule has 1 heterocycles. The molecule has 0 saturated heterocycles. The Labute approximate surface area is 92.1 Å².